The first-order valence-electron chi connectivity index (χ1n) is 9.27. The van der Waals surface area contributed by atoms with Crippen molar-refractivity contribution in [3.63, 3.8) is 0 Å². The average Bonchev–Trinajstić information content (AvgIpc) is 2.76. The van der Waals surface area contributed by atoms with E-state index in [4.69, 9.17) is 32.7 Å². The lowest BCUT2D eigenvalue weighted by Crippen LogP contribution is -2.40. The summed E-state index contributed by atoms with van der Waals surface area (Å²) in [5.74, 6) is -0.0759. The van der Waals surface area contributed by atoms with Crippen LogP contribution in [0, 0.1) is 0 Å². The summed E-state index contributed by atoms with van der Waals surface area (Å²) in [5.41, 5.74) is 0.151. The summed E-state index contributed by atoms with van der Waals surface area (Å²) in [5, 5.41) is 0.614. The Morgan fingerprint density at radius 1 is 0.935 bits per heavy atom. The molecule has 0 aliphatic carbocycles. The number of halogens is 2. The smallest absolute Gasteiger partial charge is 0.278 e. The van der Waals surface area contributed by atoms with Gasteiger partial charge < -0.3 is 9.47 Å². The van der Waals surface area contributed by atoms with Crippen LogP contribution in [-0.2, 0) is 14.8 Å². The highest BCUT2D eigenvalue weighted by Gasteiger charge is 2.31. The van der Waals surface area contributed by atoms with Gasteiger partial charge in [0.15, 0.2) is 6.61 Å². The van der Waals surface area contributed by atoms with Gasteiger partial charge in [0, 0.05) is 11.1 Å². The summed E-state index contributed by atoms with van der Waals surface area (Å²) in [4.78, 5) is 13.0. The fourth-order valence-electron chi connectivity index (χ4n) is 2.75. The second-order valence-corrected chi connectivity index (χ2v) is 8.90. The van der Waals surface area contributed by atoms with Gasteiger partial charge in [0.25, 0.3) is 15.9 Å². The molecule has 0 aliphatic rings. The quantitative estimate of drug-likeness (QED) is 0.444. The molecule has 9 heteroatoms. The van der Waals surface area contributed by atoms with Gasteiger partial charge >= 0.3 is 0 Å². The van der Waals surface area contributed by atoms with Crippen LogP contribution in [0.3, 0.4) is 0 Å². The number of benzene rings is 3. The van der Waals surface area contributed by atoms with Crippen LogP contribution in [0.1, 0.15) is 6.92 Å². The van der Waals surface area contributed by atoms with E-state index in [0.29, 0.717) is 21.7 Å². The summed E-state index contributed by atoms with van der Waals surface area (Å²) >= 11 is 12.0. The Morgan fingerprint density at radius 3 is 2.26 bits per heavy atom. The Kier molecular flexibility index (Phi) is 7.43. The molecule has 3 aromatic carbocycles. The van der Waals surface area contributed by atoms with E-state index in [2.05, 4.69) is 0 Å². The zero-order chi connectivity index (χ0) is 22.4. The Hall–Kier alpha value is -2.74. The summed E-state index contributed by atoms with van der Waals surface area (Å²) < 4.78 is 38.2. The maximum atomic E-state index is 13.3. The van der Waals surface area contributed by atoms with Crippen molar-refractivity contribution < 1.29 is 22.7 Å². The van der Waals surface area contributed by atoms with Gasteiger partial charge in [-0.1, -0.05) is 41.4 Å². The van der Waals surface area contributed by atoms with Gasteiger partial charge in [0.1, 0.15) is 11.5 Å². The predicted molar refractivity (Wildman–Crippen MR) is 121 cm³/mol. The lowest BCUT2D eigenvalue weighted by Gasteiger charge is -2.23. The number of ether oxygens (including phenoxy) is 2. The van der Waals surface area contributed by atoms with Gasteiger partial charge in [-0.05, 0) is 55.5 Å². The molecule has 0 saturated carbocycles. The van der Waals surface area contributed by atoms with E-state index < -0.39 is 22.5 Å². The van der Waals surface area contributed by atoms with Gasteiger partial charge in [-0.15, -0.1) is 0 Å². The number of nitrogens with zero attached hydrogens (tertiary/aromatic N) is 1. The Balaban J connectivity index is 1.95. The maximum Gasteiger partial charge on any atom is 0.278 e. The molecule has 0 heterocycles. The predicted octanol–water partition coefficient (Wildman–Crippen LogP) is 5.19. The molecule has 0 N–H and O–H groups in total. The van der Waals surface area contributed by atoms with Crippen LogP contribution in [0.4, 0.5) is 5.69 Å². The van der Waals surface area contributed by atoms with Crippen molar-refractivity contribution in [2.45, 2.75) is 11.8 Å². The molecule has 6 nitrogen and oxygen atoms in total. The van der Waals surface area contributed by atoms with Gasteiger partial charge in [-0.2, -0.15) is 4.31 Å². The molecule has 0 spiro atoms. The van der Waals surface area contributed by atoms with Crippen LogP contribution in [0.15, 0.2) is 77.7 Å². The highest BCUT2D eigenvalue weighted by molar-refractivity contribution is 7.93. The van der Waals surface area contributed by atoms with E-state index in [-0.39, 0.29) is 21.4 Å². The highest BCUT2D eigenvalue weighted by Crippen LogP contribution is 2.29. The third-order valence-corrected chi connectivity index (χ3v) is 6.44. The molecule has 0 unspecified atom stereocenters. The van der Waals surface area contributed by atoms with Crippen molar-refractivity contribution in [1.29, 1.82) is 0 Å². The van der Waals surface area contributed by atoms with E-state index in [1.165, 1.54) is 36.4 Å². The zero-order valence-corrected chi connectivity index (χ0v) is 18.8. The Bertz CT molecular complexity index is 1150. The molecule has 162 valence electrons. The number of anilines is 1. The first kappa shape index (κ1) is 22.9. The third kappa shape index (κ3) is 5.50. The fraction of sp³-hybridized carbons (Fsp3) is 0.136. The topological polar surface area (TPSA) is 72.9 Å². The molecule has 0 saturated heterocycles. The summed E-state index contributed by atoms with van der Waals surface area (Å²) in [7, 11) is -4.20. The molecule has 3 aromatic rings. The summed E-state index contributed by atoms with van der Waals surface area (Å²) in [6, 6.07) is 18.4. The van der Waals surface area contributed by atoms with Crippen LogP contribution in [-0.4, -0.2) is 27.5 Å². The Labute approximate surface area is 191 Å². The van der Waals surface area contributed by atoms with Crippen LogP contribution < -0.4 is 13.8 Å². The minimum Gasteiger partial charge on any atom is -0.494 e. The maximum absolute atomic E-state index is 13.3. The van der Waals surface area contributed by atoms with E-state index in [1.54, 1.807) is 36.4 Å². The van der Waals surface area contributed by atoms with E-state index in [9.17, 15) is 13.2 Å². The standard InChI is InChI=1S/C22H19Cl2NO5S/c1-2-29-18-11-9-17(10-12-18)25(31(27,28)19-6-4-3-5-7-19)22(26)15-30-21-14-16(23)8-13-20(21)24/h3-14H,2,15H2,1H3. The van der Waals surface area contributed by atoms with E-state index in [0.717, 1.165) is 0 Å². The van der Waals surface area contributed by atoms with Crippen molar-refractivity contribution >= 4 is 44.8 Å². The average molecular weight is 480 g/mol. The monoisotopic (exact) mass is 479 g/mol. The molecule has 31 heavy (non-hydrogen) atoms. The van der Waals surface area contributed by atoms with Gasteiger partial charge in [-0.25, -0.2) is 8.42 Å². The van der Waals surface area contributed by atoms with Gasteiger partial charge in [0.05, 0.1) is 22.2 Å². The minimum atomic E-state index is -4.20. The molecule has 1 amide bonds. The van der Waals surface area contributed by atoms with Crippen molar-refractivity contribution in [2.75, 3.05) is 17.5 Å². The first-order chi connectivity index (χ1) is 14.8. The number of amides is 1. The van der Waals surface area contributed by atoms with E-state index in [1.807, 2.05) is 6.92 Å². The SMILES string of the molecule is CCOc1ccc(N(C(=O)COc2cc(Cl)ccc2Cl)S(=O)(=O)c2ccccc2)cc1. The summed E-state index contributed by atoms with van der Waals surface area (Å²) in [6.45, 7) is 1.72. The van der Waals surface area contributed by atoms with E-state index >= 15 is 0 Å². The molecule has 0 radical (unpaired) electrons. The van der Waals surface area contributed by atoms with Crippen molar-refractivity contribution in [3.8, 4) is 11.5 Å². The number of hydrogen-bond donors (Lipinski definition) is 0. The second kappa shape index (κ2) is 10.0. The first-order valence-corrected chi connectivity index (χ1v) is 11.5. The Morgan fingerprint density at radius 2 is 1.61 bits per heavy atom. The lowest BCUT2D eigenvalue weighted by molar-refractivity contribution is -0.119. The minimum absolute atomic E-state index is 0.0296. The number of hydrogen-bond acceptors (Lipinski definition) is 5. The fourth-order valence-corrected chi connectivity index (χ4v) is 4.51. The number of carbonyl (C=O) groups is 1. The van der Waals surface area contributed by atoms with Gasteiger partial charge in [-0.3, -0.25) is 4.79 Å². The normalized spacial score (nSPS) is 11.1. The van der Waals surface area contributed by atoms with Crippen molar-refractivity contribution in [3.05, 3.63) is 82.8 Å². The van der Waals surface area contributed by atoms with Crippen molar-refractivity contribution in [2.24, 2.45) is 0 Å². The molecule has 3 rings (SSSR count). The molecular weight excluding hydrogens is 461 g/mol. The second-order valence-electron chi connectivity index (χ2n) is 6.27. The third-order valence-electron chi connectivity index (χ3n) is 4.13. The molecule has 0 aromatic heterocycles. The lowest BCUT2D eigenvalue weighted by atomic mass is 10.3. The van der Waals surface area contributed by atoms with Gasteiger partial charge in [0.2, 0.25) is 0 Å². The molecular formula is C22H19Cl2NO5S. The molecule has 0 atom stereocenters. The molecule has 0 bridgehead atoms. The number of carbonyl (C=O) groups excluding carboxylic acids is 1. The molecule has 0 fully saturated rings. The largest absolute Gasteiger partial charge is 0.494 e. The summed E-state index contributed by atoms with van der Waals surface area (Å²) in [6.07, 6.45) is 0. The number of sulfonamides is 1. The van der Waals surface area contributed by atoms with Crippen LogP contribution in [0.2, 0.25) is 10.0 Å². The van der Waals surface area contributed by atoms with Crippen LogP contribution in [0.25, 0.3) is 0 Å². The van der Waals surface area contributed by atoms with Crippen LogP contribution in [0.5, 0.6) is 11.5 Å². The zero-order valence-electron chi connectivity index (χ0n) is 16.5. The van der Waals surface area contributed by atoms with Crippen molar-refractivity contribution in [1.82, 2.24) is 0 Å². The van der Waals surface area contributed by atoms with Crippen LogP contribution >= 0.6 is 23.2 Å². The highest BCUT2D eigenvalue weighted by atomic mass is 35.5. The molecule has 0 aliphatic heterocycles. The number of rotatable bonds is 8.